The number of hydrogen-bond donors (Lipinski definition) is 0. The van der Waals surface area contributed by atoms with Gasteiger partial charge in [0.05, 0.1) is 0 Å². The van der Waals surface area contributed by atoms with E-state index in [-0.39, 0.29) is 5.78 Å². The highest BCUT2D eigenvalue weighted by Gasteiger charge is 2.25. The van der Waals surface area contributed by atoms with Crippen molar-refractivity contribution < 1.29 is 4.79 Å². The zero-order valence-electron chi connectivity index (χ0n) is 9.99. The van der Waals surface area contributed by atoms with Crippen LogP contribution >= 0.6 is 22.6 Å². The third kappa shape index (κ3) is 2.31. The van der Waals surface area contributed by atoms with Gasteiger partial charge < -0.3 is 0 Å². The summed E-state index contributed by atoms with van der Waals surface area (Å²) in [6, 6.07) is 3.64. The van der Waals surface area contributed by atoms with Crippen LogP contribution in [0.3, 0.4) is 0 Å². The summed E-state index contributed by atoms with van der Waals surface area (Å²) >= 11 is 2.21. The Labute approximate surface area is 114 Å². The first-order valence-corrected chi connectivity index (χ1v) is 6.43. The first-order chi connectivity index (χ1) is 7.91. The average molecular weight is 340 g/mol. The van der Waals surface area contributed by atoms with Crippen molar-refractivity contribution in [1.29, 1.82) is 0 Å². The van der Waals surface area contributed by atoms with E-state index in [1.165, 1.54) is 0 Å². The zero-order chi connectivity index (χ0) is 12.6. The monoisotopic (exact) mass is 340 g/mol. The van der Waals surface area contributed by atoms with E-state index in [4.69, 9.17) is 0 Å². The number of aromatic nitrogens is 2. The van der Waals surface area contributed by atoms with Crippen molar-refractivity contribution >= 4 is 39.4 Å². The largest absolute Gasteiger partial charge is 0.294 e. The molecular formula is C13H13IN2O. The third-order valence-electron chi connectivity index (χ3n) is 2.50. The van der Waals surface area contributed by atoms with Gasteiger partial charge in [0.15, 0.2) is 5.78 Å². The van der Waals surface area contributed by atoms with Gasteiger partial charge in [-0.3, -0.25) is 14.8 Å². The van der Waals surface area contributed by atoms with Crippen molar-refractivity contribution in [3.05, 3.63) is 33.7 Å². The summed E-state index contributed by atoms with van der Waals surface area (Å²) < 4.78 is 1.01. The number of carbonyl (C=O) groups excluding carboxylic acids is 1. The normalized spacial score (nSPS) is 11.8. The molecule has 0 aliphatic heterocycles. The average Bonchev–Trinajstić information content (AvgIpc) is 2.27. The molecule has 0 unspecified atom stereocenters. The molecule has 0 fully saturated rings. The molecule has 4 heteroatoms. The van der Waals surface area contributed by atoms with Crippen LogP contribution in [0.1, 0.15) is 31.1 Å². The van der Waals surface area contributed by atoms with Crippen molar-refractivity contribution in [3.63, 3.8) is 0 Å². The maximum atomic E-state index is 12.3. The number of halogens is 1. The van der Waals surface area contributed by atoms with E-state index in [0.29, 0.717) is 11.1 Å². The van der Waals surface area contributed by atoms with Crippen molar-refractivity contribution in [3.8, 4) is 0 Å². The van der Waals surface area contributed by atoms with Gasteiger partial charge in [-0.1, -0.05) is 20.8 Å². The molecule has 3 nitrogen and oxygen atoms in total. The number of nitrogens with zero attached hydrogens (tertiary/aromatic N) is 2. The van der Waals surface area contributed by atoms with Crippen LogP contribution in [0, 0.1) is 8.99 Å². The highest BCUT2D eigenvalue weighted by molar-refractivity contribution is 14.1. The Morgan fingerprint density at radius 3 is 2.35 bits per heavy atom. The molecule has 0 bridgehead atoms. The molecule has 0 saturated heterocycles. The Morgan fingerprint density at radius 1 is 1.12 bits per heavy atom. The Morgan fingerprint density at radius 2 is 1.71 bits per heavy atom. The molecule has 0 N–H and O–H groups in total. The molecule has 0 radical (unpaired) electrons. The highest BCUT2D eigenvalue weighted by Crippen LogP contribution is 2.26. The first kappa shape index (κ1) is 12.4. The van der Waals surface area contributed by atoms with Gasteiger partial charge in [-0.25, -0.2) is 0 Å². The van der Waals surface area contributed by atoms with Gasteiger partial charge >= 0.3 is 0 Å². The minimum Gasteiger partial charge on any atom is -0.294 e. The Hall–Kier alpha value is -1.04. The van der Waals surface area contributed by atoms with Crippen LogP contribution in [0.5, 0.6) is 0 Å². The lowest BCUT2D eigenvalue weighted by atomic mass is 9.86. The van der Waals surface area contributed by atoms with Crippen LogP contribution in [0.25, 0.3) is 11.0 Å². The molecule has 0 aliphatic carbocycles. The van der Waals surface area contributed by atoms with Gasteiger partial charge in [-0.2, -0.15) is 0 Å². The van der Waals surface area contributed by atoms with E-state index in [0.717, 1.165) is 9.09 Å². The molecule has 17 heavy (non-hydrogen) atoms. The smallest absolute Gasteiger partial charge is 0.170 e. The quantitative estimate of drug-likeness (QED) is 0.590. The molecule has 0 aliphatic rings. The summed E-state index contributed by atoms with van der Waals surface area (Å²) in [7, 11) is 0. The maximum Gasteiger partial charge on any atom is 0.170 e. The molecule has 0 amide bonds. The van der Waals surface area contributed by atoms with Gasteiger partial charge in [0.25, 0.3) is 0 Å². The second kappa shape index (κ2) is 4.33. The maximum absolute atomic E-state index is 12.3. The predicted octanol–water partition coefficient (Wildman–Crippen LogP) is 3.46. The lowest BCUT2D eigenvalue weighted by Crippen LogP contribution is -2.20. The molecule has 0 aromatic carbocycles. The topological polar surface area (TPSA) is 42.9 Å². The molecular weight excluding hydrogens is 327 g/mol. The fraction of sp³-hybridized carbons (Fsp3) is 0.308. The van der Waals surface area contributed by atoms with Crippen molar-refractivity contribution in [2.45, 2.75) is 20.8 Å². The summed E-state index contributed by atoms with van der Waals surface area (Å²) in [5, 5.41) is 0. The van der Waals surface area contributed by atoms with Crippen LogP contribution in [-0.4, -0.2) is 15.8 Å². The Balaban J connectivity index is 2.72. The fourth-order valence-electron chi connectivity index (χ4n) is 1.60. The number of fused-ring (bicyclic) bond motifs is 1. The van der Waals surface area contributed by atoms with Crippen LogP contribution in [0.15, 0.2) is 24.5 Å². The van der Waals surface area contributed by atoms with Gasteiger partial charge in [-0.15, -0.1) is 0 Å². The van der Waals surface area contributed by atoms with E-state index in [2.05, 4.69) is 32.6 Å². The molecule has 0 spiro atoms. The van der Waals surface area contributed by atoms with E-state index >= 15 is 0 Å². The molecule has 2 aromatic rings. The van der Waals surface area contributed by atoms with E-state index in [1.807, 2.05) is 26.8 Å². The molecule has 2 rings (SSSR count). The van der Waals surface area contributed by atoms with E-state index in [9.17, 15) is 4.79 Å². The first-order valence-electron chi connectivity index (χ1n) is 5.35. The number of pyridine rings is 2. The number of rotatable bonds is 1. The second-order valence-corrected chi connectivity index (χ2v) is 6.09. The van der Waals surface area contributed by atoms with Crippen LogP contribution < -0.4 is 0 Å². The number of ketones is 1. The van der Waals surface area contributed by atoms with Crippen LogP contribution in [-0.2, 0) is 0 Å². The lowest BCUT2D eigenvalue weighted by Gasteiger charge is -2.17. The van der Waals surface area contributed by atoms with Gasteiger partial charge in [-0.05, 0) is 34.7 Å². The summed E-state index contributed by atoms with van der Waals surface area (Å²) in [5.41, 5.74) is 1.74. The number of Topliss-reactive ketones (excluding diaryl/α,β-unsaturated/α-hetero) is 1. The third-order valence-corrected chi connectivity index (χ3v) is 3.37. The summed E-state index contributed by atoms with van der Waals surface area (Å²) in [5.74, 6) is 0.0967. The van der Waals surface area contributed by atoms with Crippen molar-refractivity contribution in [2.24, 2.45) is 5.41 Å². The van der Waals surface area contributed by atoms with Gasteiger partial charge in [0.1, 0.15) is 11.0 Å². The standard InChI is InChI=1S/C13H13IN2O/c1-13(2,3)12(17)8-4-6-16-11-9(14)5-7-15-10(8)11/h4-7H,1-3H3. The van der Waals surface area contributed by atoms with E-state index in [1.54, 1.807) is 18.5 Å². The minimum absolute atomic E-state index is 0.0967. The lowest BCUT2D eigenvalue weighted by molar-refractivity contribution is 0.0860. The summed E-state index contributed by atoms with van der Waals surface area (Å²) in [6.07, 6.45) is 3.39. The molecule has 0 atom stereocenters. The summed E-state index contributed by atoms with van der Waals surface area (Å²) in [6.45, 7) is 5.74. The van der Waals surface area contributed by atoms with Gasteiger partial charge in [0, 0.05) is 26.9 Å². The zero-order valence-corrected chi connectivity index (χ0v) is 12.1. The highest BCUT2D eigenvalue weighted by atomic mass is 127. The molecule has 0 saturated carbocycles. The number of hydrogen-bond acceptors (Lipinski definition) is 3. The van der Waals surface area contributed by atoms with Crippen LogP contribution in [0.4, 0.5) is 0 Å². The van der Waals surface area contributed by atoms with Crippen molar-refractivity contribution in [2.75, 3.05) is 0 Å². The summed E-state index contributed by atoms with van der Waals surface area (Å²) in [4.78, 5) is 20.9. The predicted molar refractivity (Wildman–Crippen MR) is 76.0 cm³/mol. The minimum atomic E-state index is -0.406. The molecule has 2 aromatic heterocycles. The van der Waals surface area contributed by atoms with Crippen molar-refractivity contribution in [1.82, 2.24) is 9.97 Å². The molecule has 2 heterocycles. The van der Waals surface area contributed by atoms with E-state index < -0.39 is 5.41 Å². The Bertz CT molecular complexity index is 587. The van der Waals surface area contributed by atoms with Crippen LogP contribution in [0.2, 0.25) is 0 Å². The SMILES string of the molecule is CC(C)(C)C(=O)c1ccnc2c(I)ccnc12. The van der Waals surface area contributed by atoms with Gasteiger partial charge in [0.2, 0.25) is 0 Å². The molecule has 88 valence electrons. The number of carbonyl (C=O) groups is 1. The second-order valence-electron chi connectivity index (χ2n) is 4.93. The fourth-order valence-corrected chi connectivity index (χ4v) is 2.16. The Kier molecular flexibility index (Phi) is 3.16.